The minimum atomic E-state index is -0.154. The predicted molar refractivity (Wildman–Crippen MR) is 86.0 cm³/mol. The fourth-order valence-corrected chi connectivity index (χ4v) is 2.12. The van der Waals surface area contributed by atoms with Crippen LogP contribution in [0.15, 0.2) is 36.4 Å². The average molecular weight is 283 g/mol. The largest absolute Gasteiger partial charge is 0.483 e. The van der Waals surface area contributed by atoms with Crippen molar-refractivity contribution >= 4 is 11.6 Å². The molecule has 0 saturated carbocycles. The highest BCUT2D eigenvalue weighted by atomic mass is 16.5. The summed E-state index contributed by atoms with van der Waals surface area (Å²) in [4.78, 5) is 11.9. The molecule has 2 rings (SSSR count). The van der Waals surface area contributed by atoms with E-state index in [1.165, 1.54) is 0 Å². The van der Waals surface area contributed by atoms with Crippen molar-refractivity contribution in [3.63, 3.8) is 0 Å². The first-order valence-electron chi connectivity index (χ1n) is 7.03. The molecular weight excluding hydrogens is 262 g/mol. The molecule has 0 aromatic heterocycles. The Bertz CT molecular complexity index is 645. The summed E-state index contributed by atoms with van der Waals surface area (Å²) >= 11 is 0. The van der Waals surface area contributed by atoms with Crippen molar-refractivity contribution in [3.8, 4) is 5.75 Å². The van der Waals surface area contributed by atoms with E-state index >= 15 is 0 Å². The van der Waals surface area contributed by atoms with Crippen molar-refractivity contribution in [2.24, 2.45) is 0 Å². The number of amides is 1. The lowest BCUT2D eigenvalue weighted by Crippen LogP contribution is -2.20. The molecule has 0 fully saturated rings. The highest BCUT2D eigenvalue weighted by Crippen LogP contribution is 2.25. The molecule has 0 heterocycles. The number of hydrogen-bond donors (Lipinski definition) is 1. The highest BCUT2D eigenvalue weighted by molar-refractivity contribution is 5.91. The normalized spacial score (nSPS) is 10.3. The number of benzene rings is 2. The average Bonchev–Trinajstić information content (AvgIpc) is 2.45. The zero-order valence-electron chi connectivity index (χ0n) is 13.0. The molecule has 3 heteroatoms. The number of aryl methyl sites for hydroxylation is 3. The Balaban J connectivity index is 1.98. The summed E-state index contributed by atoms with van der Waals surface area (Å²) in [5, 5.41) is 2.83. The van der Waals surface area contributed by atoms with Gasteiger partial charge in [0.05, 0.1) is 0 Å². The van der Waals surface area contributed by atoms with E-state index in [9.17, 15) is 4.79 Å². The van der Waals surface area contributed by atoms with Crippen LogP contribution >= 0.6 is 0 Å². The molecule has 1 amide bonds. The van der Waals surface area contributed by atoms with Gasteiger partial charge in [-0.15, -0.1) is 0 Å². The quantitative estimate of drug-likeness (QED) is 0.923. The second kappa shape index (κ2) is 6.44. The van der Waals surface area contributed by atoms with E-state index in [0.29, 0.717) is 0 Å². The molecule has 0 aliphatic heterocycles. The molecule has 0 unspecified atom stereocenters. The first-order valence-corrected chi connectivity index (χ1v) is 7.03. The predicted octanol–water partition coefficient (Wildman–Crippen LogP) is 3.94. The Morgan fingerprint density at radius 2 is 1.57 bits per heavy atom. The Morgan fingerprint density at radius 3 is 2.24 bits per heavy atom. The van der Waals surface area contributed by atoms with E-state index < -0.39 is 0 Å². The summed E-state index contributed by atoms with van der Waals surface area (Å²) in [6.45, 7) is 8.06. The summed E-state index contributed by atoms with van der Waals surface area (Å²) < 4.78 is 5.69. The van der Waals surface area contributed by atoms with Gasteiger partial charge in [0.25, 0.3) is 5.91 Å². The van der Waals surface area contributed by atoms with Gasteiger partial charge in [0, 0.05) is 5.69 Å². The SMILES string of the molecule is Cc1ccc(NC(=O)COc2c(C)ccc(C)c2C)cc1. The molecule has 110 valence electrons. The van der Waals surface area contributed by atoms with Gasteiger partial charge in [-0.2, -0.15) is 0 Å². The van der Waals surface area contributed by atoms with Crippen LogP contribution in [0.4, 0.5) is 5.69 Å². The number of ether oxygens (including phenoxy) is 1. The molecule has 3 nitrogen and oxygen atoms in total. The van der Waals surface area contributed by atoms with E-state index in [1.807, 2.05) is 58.0 Å². The van der Waals surface area contributed by atoms with E-state index in [0.717, 1.165) is 33.7 Å². The Kier molecular flexibility index (Phi) is 4.63. The van der Waals surface area contributed by atoms with E-state index in [4.69, 9.17) is 4.74 Å². The Labute approximate surface area is 126 Å². The number of rotatable bonds is 4. The van der Waals surface area contributed by atoms with E-state index in [2.05, 4.69) is 11.4 Å². The summed E-state index contributed by atoms with van der Waals surface area (Å²) in [5.74, 6) is 0.646. The molecule has 0 spiro atoms. The molecule has 0 atom stereocenters. The van der Waals surface area contributed by atoms with Crippen molar-refractivity contribution in [2.75, 3.05) is 11.9 Å². The fraction of sp³-hybridized carbons (Fsp3) is 0.278. The maximum absolute atomic E-state index is 11.9. The lowest BCUT2D eigenvalue weighted by atomic mass is 10.1. The standard InChI is InChI=1S/C18H21NO2/c1-12-5-9-16(10-6-12)19-17(20)11-21-18-14(3)8-7-13(2)15(18)4/h5-10H,11H2,1-4H3,(H,19,20). The highest BCUT2D eigenvalue weighted by Gasteiger charge is 2.09. The Hall–Kier alpha value is -2.29. The molecule has 21 heavy (non-hydrogen) atoms. The van der Waals surface area contributed by atoms with Crippen LogP contribution in [0.2, 0.25) is 0 Å². The Morgan fingerprint density at radius 1 is 0.952 bits per heavy atom. The first kappa shape index (κ1) is 15.1. The van der Waals surface area contributed by atoms with Gasteiger partial charge in [-0.05, 0) is 56.5 Å². The molecule has 0 radical (unpaired) electrons. The molecule has 1 N–H and O–H groups in total. The van der Waals surface area contributed by atoms with Crippen molar-refractivity contribution in [1.82, 2.24) is 0 Å². The van der Waals surface area contributed by atoms with Gasteiger partial charge in [-0.25, -0.2) is 0 Å². The van der Waals surface area contributed by atoms with E-state index in [1.54, 1.807) is 0 Å². The number of carbonyl (C=O) groups excluding carboxylic acids is 1. The lowest BCUT2D eigenvalue weighted by Gasteiger charge is -2.14. The lowest BCUT2D eigenvalue weighted by molar-refractivity contribution is -0.118. The number of nitrogens with one attached hydrogen (secondary N) is 1. The van der Waals surface area contributed by atoms with Crippen LogP contribution in [0.5, 0.6) is 5.75 Å². The number of anilines is 1. The van der Waals surface area contributed by atoms with Crippen molar-refractivity contribution in [3.05, 3.63) is 58.7 Å². The van der Waals surface area contributed by atoms with Crippen LogP contribution < -0.4 is 10.1 Å². The van der Waals surface area contributed by atoms with Gasteiger partial charge in [0.2, 0.25) is 0 Å². The van der Waals surface area contributed by atoms with Crippen LogP contribution in [0.25, 0.3) is 0 Å². The summed E-state index contributed by atoms with van der Waals surface area (Å²) in [7, 11) is 0. The molecule has 0 saturated heterocycles. The van der Waals surface area contributed by atoms with Crippen molar-refractivity contribution < 1.29 is 9.53 Å². The second-order valence-corrected chi connectivity index (χ2v) is 5.36. The van der Waals surface area contributed by atoms with Gasteiger partial charge >= 0.3 is 0 Å². The van der Waals surface area contributed by atoms with Crippen LogP contribution in [-0.4, -0.2) is 12.5 Å². The summed E-state index contributed by atoms with van der Waals surface area (Å²) in [6.07, 6.45) is 0. The number of carbonyl (C=O) groups is 1. The zero-order valence-corrected chi connectivity index (χ0v) is 13.0. The minimum absolute atomic E-state index is 0.0129. The van der Waals surface area contributed by atoms with Gasteiger partial charge in [0.15, 0.2) is 6.61 Å². The van der Waals surface area contributed by atoms with Crippen LogP contribution in [0, 0.1) is 27.7 Å². The van der Waals surface area contributed by atoms with Crippen molar-refractivity contribution in [2.45, 2.75) is 27.7 Å². The maximum atomic E-state index is 11.9. The minimum Gasteiger partial charge on any atom is -0.483 e. The third-order valence-electron chi connectivity index (χ3n) is 3.56. The molecular formula is C18H21NO2. The van der Waals surface area contributed by atoms with Crippen molar-refractivity contribution in [1.29, 1.82) is 0 Å². The maximum Gasteiger partial charge on any atom is 0.262 e. The molecule has 2 aromatic carbocycles. The molecule has 2 aromatic rings. The monoisotopic (exact) mass is 283 g/mol. The summed E-state index contributed by atoms with van der Waals surface area (Å²) in [5.41, 5.74) is 5.23. The van der Waals surface area contributed by atoms with Gasteiger partial charge < -0.3 is 10.1 Å². The smallest absolute Gasteiger partial charge is 0.262 e. The van der Waals surface area contributed by atoms with Crippen LogP contribution in [0.1, 0.15) is 22.3 Å². The topological polar surface area (TPSA) is 38.3 Å². The summed E-state index contributed by atoms with van der Waals surface area (Å²) in [6, 6.07) is 11.8. The molecule has 0 aliphatic carbocycles. The van der Waals surface area contributed by atoms with E-state index in [-0.39, 0.29) is 12.5 Å². The van der Waals surface area contributed by atoms with Crippen LogP contribution in [-0.2, 0) is 4.79 Å². The van der Waals surface area contributed by atoms with Crippen LogP contribution in [0.3, 0.4) is 0 Å². The first-order chi connectivity index (χ1) is 9.97. The van der Waals surface area contributed by atoms with Gasteiger partial charge in [-0.1, -0.05) is 29.8 Å². The molecule has 0 bridgehead atoms. The second-order valence-electron chi connectivity index (χ2n) is 5.36. The number of hydrogen-bond acceptors (Lipinski definition) is 2. The fourth-order valence-electron chi connectivity index (χ4n) is 2.12. The third-order valence-corrected chi connectivity index (χ3v) is 3.56. The van der Waals surface area contributed by atoms with Gasteiger partial charge in [0.1, 0.15) is 5.75 Å². The molecule has 0 aliphatic rings. The third kappa shape index (κ3) is 3.85. The van der Waals surface area contributed by atoms with Gasteiger partial charge in [-0.3, -0.25) is 4.79 Å². The zero-order chi connectivity index (χ0) is 15.4.